The van der Waals surface area contributed by atoms with Crippen LogP contribution < -0.4 is 11.1 Å². The van der Waals surface area contributed by atoms with Gasteiger partial charge in [0.25, 0.3) is 0 Å². The third kappa shape index (κ3) is 3.42. The van der Waals surface area contributed by atoms with Crippen molar-refractivity contribution in [1.29, 1.82) is 0 Å². The summed E-state index contributed by atoms with van der Waals surface area (Å²) in [5.74, 6) is 0. The standard InChI is InChI=1S/C7H14Cl3N3/c8-7(9,10)6-5-12-2-4-13(6)3-1-11/h6,12H,1-5,11H2. The SMILES string of the molecule is NCCN1CCNCC1C(Cl)(Cl)Cl. The molecule has 3 nitrogen and oxygen atoms in total. The highest BCUT2D eigenvalue weighted by atomic mass is 35.6. The van der Waals surface area contributed by atoms with Gasteiger partial charge in [-0.1, -0.05) is 34.8 Å². The number of nitrogens with two attached hydrogens (primary N) is 1. The Bertz CT molecular complexity index is 158. The summed E-state index contributed by atoms with van der Waals surface area (Å²) in [4.78, 5) is 2.11. The number of rotatable bonds is 2. The zero-order valence-corrected chi connectivity index (χ0v) is 9.54. The van der Waals surface area contributed by atoms with E-state index < -0.39 is 3.79 Å². The molecule has 0 aromatic carbocycles. The summed E-state index contributed by atoms with van der Waals surface area (Å²) < 4.78 is -1.23. The van der Waals surface area contributed by atoms with Gasteiger partial charge in [0.1, 0.15) is 0 Å². The number of nitrogens with zero attached hydrogens (tertiary/aromatic N) is 1. The molecule has 0 amide bonds. The monoisotopic (exact) mass is 245 g/mol. The summed E-state index contributed by atoms with van der Waals surface area (Å²) in [5.41, 5.74) is 5.47. The summed E-state index contributed by atoms with van der Waals surface area (Å²) in [7, 11) is 0. The van der Waals surface area contributed by atoms with Crippen molar-refractivity contribution >= 4 is 34.8 Å². The van der Waals surface area contributed by atoms with E-state index in [1.165, 1.54) is 0 Å². The molecule has 0 saturated carbocycles. The molecule has 0 spiro atoms. The maximum absolute atomic E-state index is 5.85. The molecule has 0 aromatic heterocycles. The van der Waals surface area contributed by atoms with Gasteiger partial charge in [0, 0.05) is 32.7 Å². The highest BCUT2D eigenvalue weighted by Gasteiger charge is 2.37. The van der Waals surface area contributed by atoms with Gasteiger partial charge in [0.05, 0.1) is 6.04 Å². The summed E-state index contributed by atoms with van der Waals surface area (Å²) in [6, 6.07) is -0.0743. The molecule has 1 unspecified atom stereocenters. The van der Waals surface area contributed by atoms with Crippen LogP contribution in [0.25, 0.3) is 0 Å². The van der Waals surface area contributed by atoms with E-state index in [-0.39, 0.29) is 6.04 Å². The molecule has 3 N–H and O–H groups in total. The van der Waals surface area contributed by atoms with Crippen molar-refractivity contribution < 1.29 is 0 Å². The molecule has 1 atom stereocenters. The second kappa shape index (κ2) is 5.01. The molecule has 0 aliphatic carbocycles. The molecule has 13 heavy (non-hydrogen) atoms. The van der Waals surface area contributed by atoms with Gasteiger partial charge in [-0.2, -0.15) is 0 Å². The Morgan fingerprint density at radius 1 is 1.46 bits per heavy atom. The zero-order chi connectivity index (χ0) is 9.90. The van der Waals surface area contributed by atoms with E-state index in [0.717, 1.165) is 19.6 Å². The summed E-state index contributed by atoms with van der Waals surface area (Å²) in [6.07, 6.45) is 0. The van der Waals surface area contributed by atoms with E-state index in [1.807, 2.05) is 0 Å². The molecule has 1 rings (SSSR count). The van der Waals surface area contributed by atoms with Crippen LogP contribution in [0, 0.1) is 0 Å². The molecule has 0 bridgehead atoms. The lowest BCUT2D eigenvalue weighted by Crippen LogP contribution is -2.57. The highest BCUT2D eigenvalue weighted by molar-refractivity contribution is 6.68. The van der Waals surface area contributed by atoms with E-state index in [1.54, 1.807) is 0 Å². The molecule has 0 radical (unpaired) electrons. The van der Waals surface area contributed by atoms with Crippen LogP contribution in [0.15, 0.2) is 0 Å². The van der Waals surface area contributed by atoms with Gasteiger partial charge in [0.15, 0.2) is 0 Å². The van der Waals surface area contributed by atoms with Gasteiger partial charge in [-0.25, -0.2) is 0 Å². The number of halogens is 3. The lowest BCUT2D eigenvalue weighted by molar-refractivity contribution is 0.167. The van der Waals surface area contributed by atoms with Gasteiger partial charge < -0.3 is 11.1 Å². The van der Waals surface area contributed by atoms with Crippen LogP contribution in [-0.2, 0) is 0 Å². The molecular weight excluding hydrogens is 232 g/mol. The van der Waals surface area contributed by atoms with Crippen molar-refractivity contribution in [2.75, 3.05) is 32.7 Å². The summed E-state index contributed by atoms with van der Waals surface area (Å²) in [6.45, 7) is 3.89. The van der Waals surface area contributed by atoms with Crippen LogP contribution in [0.5, 0.6) is 0 Å². The molecule has 1 heterocycles. The van der Waals surface area contributed by atoms with Crippen molar-refractivity contribution in [3.63, 3.8) is 0 Å². The van der Waals surface area contributed by atoms with Crippen molar-refractivity contribution in [2.45, 2.75) is 9.83 Å². The number of hydrogen-bond acceptors (Lipinski definition) is 3. The second-order valence-corrected chi connectivity index (χ2v) is 5.46. The van der Waals surface area contributed by atoms with Crippen LogP contribution in [0.3, 0.4) is 0 Å². The molecule has 1 aliphatic heterocycles. The molecule has 78 valence electrons. The van der Waals surface area contributed by atoms with Crippen molar-refractivity contribution in [3.05, 3.63) is 0 Å². The smallest absolute Gasteiger partial charge is 0.207 e. The third-order valence-electron chi connectivity index (χ3n) is 2.15. The normalized spacial score (nSPS) is 26.3. The van der Waals surface area contributed by atoms with Gasteiger partial charge in [-0.05, 0) is 0 Å². The maximum atomic E-state index is 5.85. The number of alkyl halides is 3. The van der Waals surface area contributed by atoms with Crippen molar-refractivity contribution in [3.8, 4) is 0 Å². The molecular formula is C7H14Cl3N3. The van der Waals surface area contributed by atoms with Gasteiger partial charge in [-0.15, -0.1) is 0 Å². The predicted octanol–water partition coefficient (Wildman–Crippen LogP) is 0.589. The zero-order valence-electron chi connectivity index (χ0n) is 7.27. The Labute approximate surface area is 93.5 Å². The molecule has 1 aliphatic rings. The van der Waals surface area contributed by atoms with E-state index >= 15 is 0 Å². The predicted molar refractivity (Wildman–Crippen MR) is 57.6 cm³/mol. The van der Waals surface area contributed by atoms with Crippen LogP contribution >= 0.6 is 34.8 Å². The fourth-order valence-corrected chi connectivity index (χ4v) is 2.15. The minimum atomic E-state index is -1.23. The third-order valence-corrected chi connectivity index (χ3v) is 2.90. The van der Waals surface area contributed by atoms with E-state index in [9.17, 15) is 0 Å². The quantitative estimate of drug-likeness (QED) is 0.701. The van der Waals surface area contributed by atoms with Gasteiger partial charge in [-0.3, -0.25) is 4.90 Å². The Kier molecular flexibility index (Phi) is 4.55. The van der Waals surface area contributed by atoms with Gasteiger partial charge >= 0.3 is 0 Å². The average Bonchev–Trinajstić information content (AvgIpc) is 2.04. The van der Waals surface area contributed by atoms with Crippen LogP contribution in [0.4, 0.5) is 0 Å². The molecule has 1 saturated heterocycles. The topological polar surface area (TPSA) is 41.3 Å². The lowest BCUT2D eigenvalue weighted by atomic mass is 10.2. The first-order valence-electron chi connectivity index (χ1n) is 4.27. The minimum Gasteiger partial charge on any atom is -0.329 e. The van der Waals surface area contributed by atoms with Crippen molar-refractivity contribution in [1.82, 2.24) is 10.2 Å². The van der Waals surface area contributed by atoms with Crippen LogP contribution in [0.1, 0.15) is 0 Å². The lowest BCUT2D eigenvalue weighted by Gasteiger charge is -2.39. The van der Waals surface area contributed by atoms with Gasteiger partial charge in [0.2, 0.25) is 3.79 Å². The first kappa shape index (κ1) is 11.8. The fourth-order valence-electron chi connectivity index (χ4n) is 1.50. The largest absolute Gasteiger partial charge is 0.329 e. The Balaban J connectivity index is 2.56. The highest BCUT2D eigenvalue weighted by Crippen LogP contribution is 2.33. The molecule has 1 fully saturated rings. The second-order valence-electron chi connectivity index (χ2n) is 3.09. The number of piperazine rings is 1. The minimum absolute atomic E-state index is 0.0743. The van der Waals surface area contributed by atoms with Crippen molar-refractivity contribution in [2.24, 2.45) is 5.73 Å². The van der Waals surface area contributed by atoms with Crippen LogP contribution in [-0.4, -0.2) is 47.5 Å². The number of nitrogens with one attached hydrogen (secondary N) is 1. The van der Waals surface area contributed by atoms with E-state index in [4.69, 9.17) is 40.5 Å². The Morgan fingerprint density at radius 3 is 2.69 bits per heavy atom. The first-order valence-corrected chi connectivity index (χ1v) is 5.40. The first-order chi connectivity index (χ1) is 6.05. The molecule has 6 heteroatoms. The summed E-state index contributed by atoms with van der Waals surface area (Å²) in [5, 5.41) is 3.19. The molecule has 0 aromatic rings. The number of hydrogen-bond donors (Lipinski definition) is 2. The van der Waals surface area contributed by atoms with Crippen LogP contribution in [0.2, 0.25) is 0 Å². The maximum Gasteiger partial charge on any atom is 0.207 e. The Morgan fingerprint density at radius 2 is 2.15 bits per heavy atom. The Hall–Kier alpha value is 0.750. The van der Waals surface area contributed by atoms with E-state index in [0.29, 0.717) is 13.1 Å². The fraction of sp³-hybridized carbons (Fsp3) is 1.00. The summed E-state index contributed by atoms with van der Waals surface area (Å²) >= 11 is 17.6. The average molecular weight is 247 g/mol. The van der Waals surface area contributed by atoms with E-state index in [2.05, 4.69) is 10.2 Å².